The van der Waals surface area contributed by atoms with Crippen molar-refractivity contribution in [1.82, 2.24) is 5.32 Å². The van der Waals surface area contributed by atoms with Gasteiger partial charge in [0.25, 0.3) is 0 Å². The molecule has 0 bridgehead atoms. The number of hydrogen-bond acceptors (Lipinski definition) is 3. The fourth-order valence-electron chi connectivity index (χ4n) is 0.687. The van der Waals surface area contributed by atoms with Crippen LogP contribution in [-0.2, 0) is 9.47 Å². The molecule has 0 aliphatic rings. The number of hydrogen-bond donors (Lipinski definition) is 1. The van der Waals surface area contributed by atoms with Crippen LogP contribution in [0.4, 0.5) is 4.79 Å². The van der Waals surface area contributed by atoms with Crippen molar-refractivity contribution in [1.29, 1.82) is 0 Å². The number of carbonyl (C=O) groups excluding carboxylic acids is 1. The maximum atomic E-state index is 10.9. The second-order valence-corrected chi connectivity index (χ2v) is 2.72. The van der Waals surface area contributed by atoms with E-state index in [9.17, 15) is 4.79 Å². The summed E-state index contributed by atoms with van der Waals surface area (Å²) < 4.78 is 9.88. The lowest BCUT2D eigenvalue weighted by molar-refractivity contribution is 0.0953. The zero-order valence-corrected chi connectivity index (χ0v) is 8.47. The minimum atomic E-state index is -0.399. The molecule has 4 heteroatoms. The predicted octanol–water partition coefficient (Wildman–Crippen LogP) is 1.90. The molecule has 0 aromatic carbocycles. The Labute approximate surface area is 79.6 Å². The van der Waals surface area contributed by atoms with E-state index in [4.69, 9.17) is 9.47 Å². The van der Waals surface area contributed by atoms with Gasteiger partial charge in [0, 0.05) is 6.61 Å². The summed E-state index contributed by atoms with van der Waals surface area (Å²) in [7, 11) is 0. The van der Waals surface area contributed by atoms with Crippen molar-refractivity contribution in [3.63, 3.8) is 0 Å². The highest BCUT2D eigenvalue weighted by Gasteiger charge is 1.98. The third kappa shape index (κ3) is 9.14. The smallest absolute Gasteiger partial charge is 0.408 e. The summed E-state index contributed by atoms with van der Waals surface area (Å²) in [4.78, 5) is 10.9. The molecule has 0 aliphatic carbocycles. The maximum Gasteiger partial charge on any atom is 0.408 e. The van der Waals surface area contributed by atoms with Gasteiger partial charge in [-0.2, -0.15) is 0 Å². The third-order valence-electron chi connectivity index (χ3n) is 1.40. The van der Waals surface area contributed by atoms with Crippen molar-refractivity contribution < 1.29 is 14.3 Å². The molecule has 0 heterocycles. The topological polar surface area (TPSA) is 47.6 Å². The van der Waals surface area contributed by atoms with Crippen molar-refractivity contribution >= 4 is 6.09 Å². The fourth-order valence-corrected chi connectivity index (χ4v) is 0.687. The first-order valence-electron chi connectivity index (χ1n) is 4.79. The van der Waals surface area contributed by atoms with Gasteiger partial charge in [0.2, 0.25) is 0 Å². The minimum Gasteiger partial charge on any atom is -0.450 e. The predicted molar refractivity (Wildman–Crippen MR) is 50.5 cm³/mol. The Bertz CT molecular complexity index is 128. The summed E-state index contributed by atoms with van der Waals surface area (Å²) in [5.41, 5.74) is 0. The van der Waals surface area contributed by atoms with Crippen LogP contribution in [0.3, 0.4) is 0 Å². The Balaban J connectivity index is 3.11. The van der Waals surface area contributed by atoms with Crippen molar-refractivity contribution in [2.75, 3.05) is 19.9 Å². The lowest BCUT2D eigenvalue weighted by Gasteiger charge is -2.06. The van der Waals surface area contributed by atoms with Gasteiger partial charge in [0.15, 0.2) is 0 Å². The number of rotatable bonds is 7. The van der Waals surface area contributed by atoms with E-state index in [2.05, 4.69) is 5.32 Å². The Morgan fingerprint density at radius 2 is 2.00 bits per heavy atom. The zero-order valence-electron chi connectivity index (χ0n) is 8.47. The van der Waals surface area contributed by atoms with E-state index in [1.807, 2.05) is 13.8 Å². The first-order chi connectivity index (χ1) is 6.31. The summed E-state index contributed by atoms with van der Waals surface area (Å²) in [6.45, 7) is 5.44. The SMILES string of the molecule is CCCCOC(=O)NCOCCC. The molecule has 0 aromatic heterocycles. The first kappa shape index (κ1) is 12.2. The van der Waals surface area contributed by atoms with Crippen molar-refractivity contribution in [2.45, 2.75) is 33.1 Å². The molecule has 0 aliphatic heterocycles. The highest BCUT2D eigenvalue weighted by Crippen LogP contribution is 1.88. The van der Waals surface area contributed by atoms with Crippen LogP contribution in [-0.4, -0.2) is 26.0 Å². The van der Waals surface area contributed by atoms with Gasteiger partial charge in [-0.25, -0.2) is 4.79 Å². The van der Waals surface area contributed by atoms with Crippen molar-refractivity contribution in [3.8, 4) is 0 Å². The minimum absolute atomic E-state index is 0.235. The second kappa shape index (κ2) is 9.32. The van der Waals surface area contributed by atoms with Gasteiger partial charge in [-0.3, -0.25) is 5.32 Å². The number of alkyl carbamates (subject to hydrolysis) is 1. The Morgan fingerprint density at radius 1 is 1.23 bits per heavy atom. The van der Waals surface area contributed by atoms with E-state index < -0.39 is 6.09 Å². The normalized spacial score (nSPS) is 9.69. The summed E-state index contributed by atoms with van der Waals surface area (Å²) in [5.74, 6) is 0. The van der Waals surface area contributed by atoms with Crippen LogP contribution in [0.1, 0.15) is 33.1 Å². The molecule has 0 aromatic rings. The molecule has 0 spiro atoms. The van der Waals surface area contributed by atoms with E-state index >= 15 is 0 Å². The average molecular weight is 189 g/mol. The molecule has 1 amide bonds. The lowest BCUT2D eigenvalue weighted by Crippen LogP contribution is -2.27. The molecule has 78 valence electrons. The van der Waals surface area contributed by atoms with Crippen LogP contribution in [0.25, 0.3) is 0 Å². The van der Waals surface area contributed by atoms with E-state index in [-0.39, 0.29) is 6.73 Å². The molecular formula is C9H19NO3. The Hall–Kier alpha value is -0.770. The van der Waals surface area contributed by atoms with Crippen LogP contribution in [0.15, 0.2) is 0 Å². The molecule has 0 rings (SSSR count). The molecular weight excluding hydrogens is 170 g/mol. The summed E-state index contributed by atoms with van der Waals surface area (Å²) in [6.07, 6.45) is 2.49. The zero-order chi connectivity index (χ0) is 9.94. The van der Waals surface area contributed by atoms with Gasteiger partial charge in [0.05, 0.1) is 6.61 Å². The monoisotopic (exact) mass is 189 g/mol. The molecule has 0 saturated carbocycles. The Morgan fingerprint density at radius 3 is 2.62 bits per heavy atom. The fraction of sp³-hybridized carbons (Fsp3) is 0.889. The summed E-state index contributed by atoms with van der Waals surface area (Å²) in [6, 6.07) is 0. The quantitative estimate of drug-likeness (QED) is 0.491. The maximum absolute atomic E-state index is 10.9. The van der Waals surface area contributed by atoms with E-state index in [0.29, 0.717) is 13.2 Å². The number of amides is 1. The first-order valence-corrected chi connectivity index (χ1v) is 4.79. The molecule has 0 radical (unpaired) electrons. The van der Waals surface area contributed by atoms with Crippen molar-refractivity contribution in [2.24, 2.45) is 0 Å². The number of nitrogens with one attached hydrogen (secondary N) is 1. The number of unbranched alkanes of at least 4 members (excludes halogenated alkanes) is 1. The molecule has 13 heavy (non-hydrogen) atoms. The summed E-state index contributed by atoms with van der Waals surface area (Å²) in [5, 5.41) is 2.49. The molecule has 0 atom stereocenters. The highest BCUT2D eigenvalue weighted by molar-refractivity contribution is 5.66. The van der Waals surface area contributed by atoms with E-state index in [1.54, 1.807) is 0 Å². The molecule has 0 unspecified atom stereocenters. The van der Waals surface area contributed by atoms with Gasteiger partial charge in [-0.05, 0) is 12.8 Å². The molecule has 0 fully saturated rings. The molecule has 0 saturated heterocycles. The van der Waals surface area contributed by atoms with E-state index in [0.717, 1.165) is 19.3 Å². The standard InChI is InChI=1S/C9H19NO3/c1-3-5-7-13-9(11)10-8-12-6-4-2/h3-8H2,1-2H3,(H,10,11). The number of ether oxygens (including phenoxy) is 2. The van der Waals surface area contributed by atoms with Crippen molar-refractivity contribution in [3.05, 3.63) is 0 Å². The van der Waals surface area contributed by atoms with Gasteiger partial charge in [-0.1, -0.05) is 20.3 Å². The highest BCUT2D eigenvalue weighted by atomic mass is 16.6. The number of carbonyl (C=O) groups is 1. The second-order valence-electron chi connectivity index (χ2n) is 2.72. The van der Waals surface area contributed by atoms with Crippen LogP contribution in [0.2, 0.25) is 0 Å². The lowest BCUT2D eigenvalue weighted by atomic mass is 10.4. The van der Waals surface area contributed by atoms with Gasteiger partial charge in [-0.15, -0.1) is 0 Å². The van der Waals surface area contributed by atoms with Crippen LogP contribution in [0.5, 0.6) is 0 Å². The van der Waals surface area contributed by atoms with Crippen LogP contribution in [0, 0.1) is 0 Å². The van der Waals surface area contributed by atoms with Crippen LogP contribution >= 0.6 is 0 Å². The van der Waals surface area contributed by atoms with E-state index in [1.165, 1.54) is 0 Å². The average Bonchev–Trinajstić information content (AvgIpc) is 2.13. The van der Waals surface area contributed by atoms with Gasteiger partial charge < -0.3 is 9.47 Å². The molecule has 4 nitrogen and oxygen atoms in total. The largest absolute Gasteiger partial charge is 0.450 e. The van der Waals surface area contributed by atoms with Gasteiger partial charge in [0.1, 0.15) is 6.73 Å². The molecule has 1 N–H and O–H groups in total. The Kier molecular flexibility index (Phi) is 8.77. The van der Waals surface area contributed by atoms with Crippen LogP contribution < -0.4 is 5.32 Å². The third-order valence-corrected chi connectivity index (χ3v) is 1.40. The summed E-state index contributed by atoms with van der Waals surface area (Å²) >= 11 is 0. The van der Waals surface area contributed by atoms with Gasteiger partial charge >= 0.3 is 6.09 Å².